The Morgan fingerprint density at radius 3 is 1.69 bits per heavy atom. The van der Waals surface area contributed by atoms with Crippen molar-refractivity contribution in [1.82, 2.24) is 9.34 Å². The summed E-state index contributed by atoms with van der Waals surface area (Å²) in [6, 6.07) is 1.15. The Labute approximate surface area is 87.9 Å². The van der Waals surface area contributed by atoms with Crippen LogP contribution in [0.15, 0.2) is 0 Å². The standard InChI is InChI=1S/C9H20ClN2P/c1-8(2)11-6-5-7-12(9(3)4)13(11)10/h8-9H,5-7H2,1-4H3. The summed E-state index contributed by atoms with van der Waals surface area (Å²) in [6.45, 7) is 11.2. The summed E-state index contributed by atoms with van der Waals surface area (Å²) >= 11 is 6.46. The van der Waals surface area contributed by atoms with Crippen molar-refractivity contribution in [1.29, 1.82) is 0 Å². The summed E-state index contributed by atoms with van der Waals surface area (Å²) in [6.07, 6.45) is 1.25. The van der Waals surface area contributed by atoms with E-state index in [0.717, 1.165) is 13.1 Å². The number of rotatable bonds is 2. The normalized spacial score (nSPS) is 23.3. The highest BCUT2D eigenvalue weighted by Crippen LogP contribution is 2.53. The molecule has 0 aromatic heterocycles. The topological polar surface area (TPSA) is 6.48 Å². The van der Waals surface area contributed by atoms with E-state index in [1.807, 2.05) is 0 Å². The molecular weight excluding hydrogens is 203 g/mol. The molecule has 0 amide bonds. The Kier molecular flexibility index (Phi) is 4.44. The molecule has 1 aliphatic rings. The van der Waals surface area contributed by atoms with Crippen LogP contribution in [0.5, 0.6) is 0 Å². The summed E-state index contributed by atoms with van der Waals surface area (Å²) in [5.74, 6) is 0. The van der Waals surface area contributed by atoms with Gasteiger partial charge in [-0.15, -0.1) is 0 Å². The number of hydrogen-bond acceptors (Lipinski definition) is 2. The Bertz CT molecular complexity index is 148. The predicted octanol–water partition coefficient (Wildman–Crippen LogP) is 3.28. The van der Waals surface area contributed by atoms with Crippen LogP contribution in [0, 0.1) is 0 Å². The highest BCUT2D eigenvalue weighted by atomic mass is 35.7. The minimum Gasteiger partial charge on any atom is -0.255 e. The molecule has 0 radical (unpaired) electrons. The van der Waals surface area contributed by atoms with Crippen LogP contribution < -0.4 is 0 Å². The Morgan fingerprint density at radius 2 is 1.38 bits per heavy atom. The zero-order valence-corrected chi connectivity index (χ0v) is 10.6. The van der Waals surface area contributed by atoms with Crippen LogP contribution in [0.4, 0.5) is 0 Å². The molecule has 0 aliphatic carbocycles. The summed E-state index contributed by atoms with van der Waals surface area (Å²) in [5.41, 5.74) is 0. The Morgan fingerprint density at radius 1 is 1.00 bits per heavy atom. The SMILES string of the molecule is CC(C)N1CCCN(C(C)C)P1Cl. The van der Waals surface area contributed by atoms with Gasteiger partial charge in [0.1, 0.15) is 7.58 Å². The molecular formula is C9H20ClN2P. The van der Waals surface area contributed by atoms with Gasteiger partial charge in [-0.3, -0.25) is 9.34 Å². The highest BCUT2D eigenvalue weighted by molar-refractivity contribution is 7.80. The van der Waals surface area contributed by atoms with Crippen molar-refractivity contribution in [2.75, 3.05) is 13.1 Å². The summed E-state index contributed by atoms with van der Waals surface area (Å²) in [7, 11) is -0.559. The third-order valence-corrected chi connectivity index (χ3v) is 5.73. The number of nitrogens with zero attached hydrogens (tertiary/aromatic N) is 2. The third-order valence-electron chi connectivity index (χ3n) is 2.39. The minimum atomic E-state index is -0.559. The molecule has 0 unspecified atom stereocenters. The lowest BCUT2D eigenvalue weighted by atomic mass is 10.3. The lowest BCUT2D eigenvalue weighted by molar-refractivity contribution is 0.267. The first-order valence-corrected chi connectivity index (χ1v) is 7.18. The fourth-order valence-corrected chi connectivity index (χ4v) is 4.78. The van der Waals surface area contributed by atoms with Crippen molar-refractivity contribution in [3.05, 3.63) is 0 Å². The molecule has 0 spiro atoms. The van der Waals surface area contributed by atoms with Gasteiger partial charge >= 0.3 is 0 Å². The van der Waals surface area contributed by atoms with Gasteiger partial charge in [-0.1, -0.05) is 11.2 Å². The van der Waals surface area contributed by atoms with Gasteiger partial charge in [0.25, 0.3) is 0 Å². The van der Waals surface area contributed by atoms with E-state index in [9.17, 15) is 0 Å². The van der Waals surface area contributed by atoms with Crippen molar-refractivity contribution in [2.45, 2.75) is 46.2 Å². The maximum atomic E-state index is 6.46. The maximum Gasteiger partial charge on any atom is 0.140 e. The molecule has 1 saturated heterocycles. The Balaban J connectivity index is 2.60. The molecule has 2 nitrogen and oxygen atoms in total. The second-order valence-corrected chi connectivity index (χ2v) is 6.52. The monoisotopic (exact) mass is 222 g/mol. The van der Waals surface area contributed by atoms with E-state index in [2.05, 4.69) is 37.0 Å². The van der Waals surface area contributed by atoms with E-state index in [1.165, 1.54) is 6.42 Å². The first-order chi connectivity index (χ1) is 6.04. The van der Waals surface area contributed by atoms with E-state index in [-0.39, 0.29) is 0 Å². The molecule has 13 heavy (non-hydrogen) atoms. The molecule has 1 fully saturated rings. The van der Waals surface area contributed by atoms with Crippen molar-refractivity contribution >= 4 is 18.8 Å². The van der Waals surface area contributed by atoms with Crippen LogP contribution in [0.2, 0.25) is 0 Å². The van der Waals surface area contributed by atoms with E-state index < -0.39 is 7.58 Å². The number of halogens is 1. The first-order valence-electron chi connectivity index (χ1n) is 5.03. The summed E-state index contributed by atoms with van der Waals surface area (Å²) in [5, 5.41) is 0. The lowest BCUT2D eigenvalue weighted by Crippen LogP contribution is -2.41. The largest absolute Gasteiger partial charge is 0.255 e. The van der Waals surface area contributed by atoms with Crippen molar-refractivity contribution < 1.29 is 0 Å². The van der Waals surface area contributed by atoms with Crippen LogP contribution in [-0.4, -0.2) is 34.5 Å². The molecule has 0 bridgehead atoms. The quantitative estimate of drug-likeness (QED) is 0.662. The van der Waals surface area contributed by atoms with Crippen molar-refractivity contribution in [2.24, 2.45) is 0 Å². The average molecular weight is 223 g/mol. The first kappa shape index (κ1) is 11.7. The smallest absolute Gasteiger partial charge is 0.140 e. The van der Waals surface area contributed by atoms with Gasteiger partial charge in [-0.05, 0) is 34.1 Å². The molecule has 1 rings (SSSR count). The average Bonchev–Trinajstić information content (AvgIpc) is 2.03. The van der Waals surface area contributed by atoms with Crippen LogP contribution in [-0.2, 0) is 0 Å². The van der Waals surface area contributed by atoms with Crippen LogP contribution in [0.3, 0.4) is 0 Å². The van der Waals surface area contributed by atoms with Crippen molar-refractivity contribution in [3.63, 3.8) is 0 Å². The maximum absolute atomic E-state index is 6.46. The third kappa shape index (κ3) is 2.79. The van der Waals surface area contributed by atoms with Gasteiger partial charge in [-0.25, -0.2) is 0 Å². The molecule has 0 atom stereocenters. The predicted molar refractivity (Wildman–Crippen MR) is 61.1 cm³/mol. The Hall–Kier alpha value is 0.640. The zero-order chi connectivity index (χ0) is 10.0. The molecule has 1 heterocycles. The molecule has 0 aromatic carbocycles. The van der Waals surface area contributed by atoms with Crippen LogP contribution >= 0.6 is 18.8 Å². The minimum absolute atomic E-state index is 0.559. The molecule has 78 valence electrons. The van der Waals surface area contributed by atoms with Gasteiger partial charge in [0.05, 0.1) is 0 Å². The van der Waals surface area contributed by atoms with Crippen LogP contribution in [0.1, 0.15) is 34.1 Å². The second-order valence-electron chi connectivity index (χ2n) is 4.11. The van der Waals surface area contributed by atoms with E-state index >= 15 is 0 Å². The van der Waals surface area contributed by atoms with Gasteiger partial charge in [0.15, 0.2) is 0 Å². The van der Waals surface area contributed by atoms with Gasteiger partial charge < -0.3 is 0 Å². The summed E-state index contributed by atoms with van der Waals surface area (Å²) < 4.78 is 4.83. The van der Waals surface area contributed by atoms with E-state index in [1.54, 1.807) is 0 Å². The fourth-order valence-electron chi connectivity index (χ4n) is 1.60. The number of hydrogen-bond donors (Lipinski definition) is 0. The zero-order valence-electron chi connectivity index (χ0n) is 9.00. The highest BCUT2D eigenvalue weighted by Gasteiger charge is 2.30. The fraction of sp³-hybridized carbons (Fsp3) is 1.00. The van der Waals surface area contributed by atoms with Gasteiger partial charge in [0.2, 0.25) is 0 Å². The van der Waals surface area contributed by atoms with E-state index in [0.29, 0.717) is 12.1 Å². The molecule has 0 N–H and O–H groups in total. The van der Waals surface area contributed by atoms with Crippen LogP contribution in [0.25, 0.3) is 0 Å². The molecule has 4 heteroatoms. The van der Waals surface area contributed by atoms with E-state index in [4.69, 9.17) is 11.2 Å². The lowest BCUT2D eigenvalue weighted by Gasteiger charge is -2.43. The molecule has 0 aromatic rings. The van der Waals surface area contributed by atoms with Gasteiger partial charge in [0, 0.05) is 25.2 Å². The summed E-state index contributed by atoms with van der Waals surface area (Å²) in [4.78, 5) is 0. The molecule has 1 aliphatic heterocycles. The van der Waals surface area contributed by atoms with Crippen molar-refractivity contribution in [3.8, 4) is 0 Å². The second kappa shape index (κ2) is 4.93. The molecule has 0 saturated carbocycles. The van der Waals surface area contributed by atoms with Gasteiger partial charge in [-0.2, -0.15) is 0 Å².